The number of rotatable bonds is 4. The molecule has 0 aliphatic carbocycles. The molecule has 28 heavy (non-hydrogen) atoms. The smallest absolute Gasteiger partial charge is 0.271 e. The summed E-state index contributed by atoms with van der Waals surface area (Å²) in [5.41, 5.74) is 0.712. The number of carbonyl (C=O) groups excluding carboxylic acids is 1. The van der Waals surface area contributed by atoms with Gasteiger partial charge < -0.3 is 16.0 Å². The summed E-state index contributed by atoms with van der Waals surface area (Å²) in [6.07, 6.45) is 0. The molecule has 0 spiro atoms. The second-order valence-electron chi connectivity index (χ2n) is 5.97. The van der Waals surface area contributed by atoms with E-state index in [1.807, 2.05) is 0 Å². The fourth-order valence-electron chi connectivity index (χ4n) is 2.89. The number of halogens is 2. The first-order valence-corrected chi connectivity index (χ1v) is 8.84. The molecule has 0 fully saturated rings. The zero-order valence-corrected chi connectivity index (χ0v) is 16.0. The van der Waals surface area contributed by atoms with Gasteiger partial charge in [-0.1, -0.05) is 23.7 Å². The van der Waals surface area contributed by atoms with E-state index in [0.29, 0.717) is 5.70 Å². The Hall–Kier alpha value is -3.04. The van der Waals surface area contributed by atoms with Gasteiger partial charge in [-0.2, -0.15) is 0 Å². The lowest BCUT2D eigenvalue weighted by Gasteiger charge is -2.31. The Morgan fingerprint density at radius 2 is 2.04 bits per heavy atom. The molecule has 7 nitrogen and oxygen atoms in total. The van der Waals surface area contributed by atoms with E-state index >= 15 is 0 Å². The number of nitro benzene ring substituents is 1. The molecule has 3 N–H and O–H groups in total. The largest absolute Gasteiger partial charge is 0.351 e. The molecule has 0 bridgehead atoms. The van der Waals surface area contributed by atoms with Crippen molar-refractivity contribution in [3.63, 3.8) is 0 Å². The Morgan fingerprint density at radius 3 is 2.71 bits per heavy atom. The van der Waals surface area contributed by atoms with E-state index in [9.17, 15) is 19.3 Å². The Kier molecular flexibility index (Phi) is 5.57. The van der Waals surface area contributed by atoms with Crippen LogP contribution in [-0.4, -0.2) is 15.9 Å². The minimum atomic E-state index is -0.929. The van der Waals surface area contributed by atoms with Crippen molar-refractivity contribution < 1.29 is 14.1 Å². The van der Waals surface area contributed by atoms with Gasteiger partial charge >= 0.3 is 0 Å². The topological polar surface area (TPSA) is 96.3 Å². The van der Waals surface area contributed by atoms with Crippen molar-refractivity contribution >= 4 is 46.2 Å². The number of amides is 1. The van der Waals surface area contributed by atoms with Crippen LogP contribution in [0.4, 0.5) is 15.8 Å². The molecule has 1 heterocycles. The molecule has 2 aromatic carbocycles. The van der Waals surface area contributed by atoms with Crippen LogP contribution in [0, 0.1) is 15.9 Å². The minimum absolute atomic E-state index is 0.0801. The van der Waals surface area contributed by atoms with Gasteiger partial charge in [-0.25, -0.2) is 4.39 Å². The summed E-state index contributed by atoms with van der Waals surface area (Å²) in [4.78, 5) is 23.3. The number of hydrogen-bond acceptors (Lipinski definition) is 4. The molecule has 0 saturated carbocycles. The average molecular weight is 421 g/mol. The van der Waals surface area contributed by atoms with Crippen LogP contribution in [0.25, 0.3) is 0 Å². The van der Waals surface area contributed by atoms with E-state index in [1.54, 1.807) is 6.92 Å². The van der Waals surface area contributed by atoms with Gasteiger partial charge in [0.15, 0.2) is 5.11 Å². The maximum Gasteiger partial charge on any atom is 0.271 e. The van der Waals surface area contributed by atoms with Gasteiger partial charge in [-0.3, -0.25) is 14.9 Å². The van der Waals surface area contributed by atoms with E-state index in [-0.39, 0.29) is 32.6 Å². The number of nitrogens with one attached hydrogen (secondary N) is 3. The molecule has 1 aliphatic heterocycles. The Labute approximate surface area is 169 Å². The van der Waals surface area contributed by atoms with Crippen LogP contribution in [-0.2, 0) is 4.79 Å². The van der Waals surface area contributed by atoms with E-state index in [2.05, 4.69) is 16.0 Å². The van der Waals surface area contributed by atoms with E-state index in [4.69, 9.17) is 23.8 Å². The molecular formula is C18H14ClFN4O3S. The Bertz CT molecular complexity index is 1010. The molecule has 2 aromatic rings. The number of nitro groups is 1. The SMILES string of the molecule is CC1=C(C(=O)Nc2cccc([N+](=O)[O-])c2)C(c2c(F)cccc2Cl)NC(=S)N1. The molecule has 3 rings (SSSR count). The van der Waals surface area contributed by atoms with Gasteiger partial charge in [-0.05, 0) is 37.3 Å². The number of thiocarbonyl (C=S) groups is 1. The van der Waals surface area contributed by atoms with Gasteiger partial charge in [0.1, 0.15) is 5.82 Å². The van der Waals surface area contributed by atoms with Crippen LogP contribution >= 0.6 is 23.8 Å². The number of hydrogen-bond donors (Lipinski definition) is 3. The molecular weight excluding hydrogens is 407 g/mol. The molecule has 0 aromatic heterocycles. The molecule has 144 valence electrons. The van der Waals surface area contributed by atoms with Gasteiger partial charge in [0.05, 0.1) is 16.5 Å². The Morgan fingerprint density at radius 1 is 1.32 bits per heavy atom. The molecule has 0 radical (unpaired) electrons. The highest BCUT2D eigenvalue weighted by Gasteiger charge is 2.33. The zero-order valence-electron chi connectivity index (χ0n) is 14.5. The summed E-state index contributed by atoms with van der Waals surface area (Å²) in [6, 6.07) is 8.78. The first-order valence-electron chi connectivity index (χ1n) is 8.06. The van der Waals surface area contributed by atoms with Crippen molar-refractivity contribution in [1.29, 1.82) is 0 Å². The molecule has 0 saturated heterocycles. The van der Waals surface area contributed by atoms with Crippen LogP contribution in [0.2, 0.25) is 5.02 Å². The van der Waals surface area contributed by atoms with Crippen LogP contribution in [0.5, 0.6) is 0 Å². The maximum absolute atomic E-state index is 14.5. The van der Waals surface area contributed by atoms with E-state index < -0.39 is 22.7 Å². The number of allylic oxidation sites excluding steroid dienone is 1. The van der Waals surface area contributed by atoms with Gasteiger partial charge in [0.25, 0.3) is 11.6 Å². The number of non-ortho nitro benzene ring substituents is 1. The fourth-order valence-corrected chi connectivity index (χ4v) is 3.44. The summed E-state index contributed by atoms with van der Waals surface area (Å²) in [6.45, 7) is 1.62. The lowest BCUT2D eigenvalue weighted by Crippen LogP contribution is -2.46. The van der Waals surface area contributed by atoms with Crippen molar-refractivity contribution in [1.82, 2.24) is 10.6 Å². The normalized spacial score (nSPS) is 16.2. The van der Waals surface area contributed by atoms with Crippen molar-refractivity contribution in [2.24, 2.45) is 0 Å². The quantitative estimate of drug-likeness (QED) is 0.395. The fraction of sp³-hybridized carbons (Fsp3) is 0.111. The number of benzene rings is 2. The summed E-state index contributed by atoms with van der Waals surface area (Å²) < 4.78 is 14.5. The lowest BCUT2D eigenvalue weighted by atomic mass is 9.94. The highest BCUT2D eigenvalue weighted by molar-refractivity contribution is 7.80. The lowest BCUT2D eigenvalue weighted by molar-refractivity contribution is -0.384. The predicted molar refractivity (Wildman–Crippen MR) is 107 cm³/mol. The van der Waals surface area contributed by atoms with Gasteiger partial charge in [-0.15, -0.1) is 0 Å². The Balaban J connectivity index is 2.00. The third kappa shape index (κ3) is 3.95. The summed E-state index contributed by atoms with van der Waals surface area (Å²) in [5, 5.41) is 19.6. The highest BCUT2D eigenvalue weighted by atomic mass is 35.5. The predicted octanol–water partition coefficient (Wildman–Crippen LogP) is 3.82. The maximum atomic E-state index is 14.5. The van der Waals surface area contributed by atoms with E-state index in [1.165, 1.54) is 42.5 Å². The average Bonchev–Trinajstić information content (AvgIpc) is 2.61. The number of anilines is 1. The van der Waals surface area contributed by atoms with E-state index in [0.717, 1.165) is 0 Å². The standard InChI is InChI=1S/C18H14ClFN4O3S/c1-9-14(17(25)22-10-4-2-5-11(8-10)24(26)27)16(23-18(28)21-9)15-12(19)6-3-7-13(15)20/h2-8,16H,1H3,(H,22,25)(H2,21,23,28). The first kappa shape index (κ1) is 19.7. The second kappa shape index (κ2) is 7.91. The van der Waals surface area contributed by atoms with Crippen LogP contribution < -0.4 is 16.0 Å². The third-order valence-corrected chi connectivity index (χ3v) is 4.67. The summed E-state index contributed by atoms with van der Waals surface area (Å²) in [5.74, 6) is -1.17. The van der Waals surface area contributed by atoms with Gasteiger partial charge in [0.2, 0.25) is 0 Å². The molecule has 1 unspecified atom stereocenters. The van der Waals surface area contributed by atoms with Crippen LogP contribution in [0.1, 0.15) is 18.5 Å². The van der Waals surface area contributed by atoms with Crippen molar-refractivity contribution in [2.45, 2.75) is 13.0 Å². The highest BCUT2D eigenvalue weighted by Crippen LogP contribution is 2.34. The van der Waals surface area contributed by atoms with Crippen LogP contribution in [0.15, 0.2) is 53.7 Å². The third-order valence-electron chi connectivity index (χ3n) is 4.12. The second-order valence-corrected chi connectivity index (χ2v) is 6.78. The van der Waals surface area contributed by atoms with Crippen molar-refractivity contribution in [2.75, 3.05) is 5.32 Å². The number of nitrogens with zero attached hydrogens (tertiary/aromatic N) is 1. The molecule has 1 amide bonds. The minimum Gasteiger partial charge on any atom is -0.351 e. The summed E-state index contributed by atoms with van der Waals surface area (Å²) in [7, 11) is 0. The summed E-state index contributed by atoms with van der Waals surface area (Å²) >= 11 is 11.3. The van der Waals surface area contributed by atoms with Crippen LogP contribution in [0.3, 0.4) is 0 Å². The van der Waals surface area contributed by atoms with Crippen molar-refractivity contribution in [3.8, 4) is 0 Å². The van der Waals surface area contributed by atoms with Crippen molar-refractivity contribution in [3.05, 3.63) is 80.3 Å². The first-order chi connectivity index (χ1) is 13.3. The monoisotopic (exact) mass is 420 g/mol. The molecule has 10 heteroatoms. The molecule has 1 atom stereocenters. The molecule has 1 aliphatic rings. The number of carbonyl (C=O) groups is 1. The zero-order chi connectivity index (χ0) is 20.4. The van der Waals surface area contributed by atoms with Gasteiger partial charge in [0, 0.05) is 34.1 Å².